The van der Waals surface area contributed by atoms with Crippen molar-refractivity contribution in [2.75, 3.05) is 13.1 Å². The molecule has 0 spiro atoms. The van der Waals surface area contributed by atoms with Crippen LogP contribution in [0.25, 0.3) is 0 Å². The van der Waals surface area contributed by atoms with Gasteiger partial charge in [-0.1, -0.05) is 37.3 Å². The predicted octanol–water partition coefficient (Wildman–Crippen LogP) is 3.27. The van der Waals surface area contributed by atoms with E-state index in [1.54, 1.807) is 0 Å². The lowest BCUT2D eigenvalue weighted by molar-refractivity contribution is 0.260. The summed E-state index contributed by atoms with van der Waals surface area (Å²) in [6, 6.07) is 11.7. The Morgan fingerprint density at radius 1 is 1.27 bits per heavy atom. The van der Waals surface area contributed by atoms with Gasteiger partial charge in [-0.25, -0.2) is 0 Å². The van der Waals surface area contributed by atoms with E-state index in [-0.39, 0.29) is 0 Å². The maximum atomic E-state index is 2.62. The molecule has 0 aromatic heterocycles. The van der Waals surface area contributed by atoms with Crippen molar-refractivity contribution < 1.29 is 0 Å². The van der Waals surface area contributed by atoms with Crippen LogP contribution in [0, 0.1) is 0 Å². The molecule has 82 valence electrons. The van der Waals surface area contributed by atoms with Crippen LogP contribution in [-0.2, 0) is 0 Å². The van der Waals surface area contributed by atoms with Crippen LogP contribution in [-0.4, -0.2) is 24.0 Å². The van der Waals surface area contributed by atoms with Gasteiger partial charge in [-0.3, -0.25) is 0 Å². The number of benzene rings is 1. The zero-order valence-electron chi connectivity index (χ0n) is 9.82. The van der Waals surface area contributed by atoms with Crippen LogP contribution in [0.15, 0.2) is 30.3 Å². The molecule has 1 aliphatic rings. The molecule has 0 radical (unpaired) electrons. The minimum absolute atomic E-state index is 0.715. The summed E-state index contributed by atoms with van der Waals surface area (Å²) in [5.74, 6) is 0.748. The molecule has 0 N–H and O–H groups in total. The van der Waals surface area contributed by atoms with Gasteiger partial charge in [0.15, 0.2) is 0 Å². The van der Waals surface area contributed by atoms with Crippen molar-refractivity contribution in [1.29, 1.82) is 0 Å². The van der Waals surface area contributed by atoms with E-state index < -0.39 is 0 Å². The van der Waals surface area contributed by atoms with Gasteiger partial charge < -0.3 is 4.90 Å². The molecule has 0 unspecified atom stereocenters. The van der Waals surface area contributed by atoms with Gasteiger partial charge in [0.25, 0.3) is 0 Å². The normalized spacial score (nSPS) is 27.1. The second-order valence-corrected chi connectivity index (χ2v) is 4.58. The first kappa shape index (κ1) is 10.7. The Hall–Kier alpha value is -0.820. The van der Waals surface area contributed by atoms with Gasteiger partial charge in [0, 0.05) is 12.0 Å². The fraction of sp³-hybridized carbons (Fsp3) is 0.571. The molecule has 1 nitrogen and oxygen atoms in total. The first-order chi connectivity index (χ1) is 7.33. The highest BCUT2D eigenvalue weighted by molar-refractivity contribution is 5.22. The molecule has 1 heteroatoms. The van der Waals surface area contributed by atoms with E-state index in [4.69, 9.17) is 0 Å². The van der Waals surface area contributed by atoms with Gasteiger partial charge >= 0.3 is 0 Å². The Bertz CT molecular complexity index is 293. The van der Waals surface area contributed by atoms with Crippen molar-refractivity contribution in [3.63, 3.8) is 0 Å². The minimum atomic E-state index is 0.715. The summed E-state index contributed by atoms with van der Waals surface area (Å²) in [7, 11) is 0. The van der Waals surface area contributed by atoms with Crippen molar-refractivity contribution in [3.8, 4) is 0 Å². The van der Waals surface area contributed by atoms with E-state index in [2.05, 4.69) is 49.1 Å². The molecular formula is C14H21N. The van der Waals surface area contributed by atoms with E-state index in [9.17, 15) is 0 Å². The van der Waals surface area contributed by atoms with Crippen molar-refractivity contribution in [2.24, 2.45) is 0 Å². The third-order valence-corrected chi connectivity index (χ3v) is 3.62. The van der Waals surface area contributed by atoms with Gasteiger partial charge in [0.2, 0.25) is 0 Å². The zero-order valence-corrected chi connectivity index (χ0v) is 9.82. The van der Waals surface area contributed by atoms with Crippen LogP contribution >= 0.6 is 0 Å². The molecule has 15 heavy (non-hydrogen) atoms. The summed E-state index contributed by atoms with van der Waals surface area (Å²) in [4.78, 5) is 2.62. The highest BCUT2D eigenvalue weighted by Crippen LogP contribution is 2.32. The molecule has 2 rings (SSSR count). The lowest BCUT2D eigenvalue weighted by Gasteiger charge is -2.24. The largest absolute Gasteiger partial charge is 0.300 e. The molecule has 0 saturated carbocycles. The van der Waals surface area contributed by atoms with E-state index in [1.165, 1.54) is 31.5 Å². The molecule has 1 aliphatic heterocycles. The lowest BCUT2D eigenvalue weighted by atomic mass is 9.93. The molecule has 0 bridgehead atoms. The first-order valence-electron chi connectivity index (χ1n) is 6.12. The van der Waals surface area contributed by atoms with Crippen LogP contribution < -0.4 is 0 Å². The minimum Gasteiger partial charge on any atom is -0.300 e. The van der Waals surface area contributed by atoms with Gasteiger partial charge in [0.1, 0.15) is 0 Å². The lowest BCUT2D eigenvalue weighted by Crippen LogP contribution is -2.29. The van der Waals surface area contributed by atoms with E-state index >= 15 is 0 Å². The van der Waals surface area contributed by atoms with Gasteiger partial charge in [0.05, 0.1) is 0 Å². The quantitative estimate of drug-likeness (QED) is 0.728. The number of hydrogen-bond donors (Lipinski definition) is 0. The zero-order chi connectivity index (χ0) is 10.7. The molecule has 0 aliphatic carbocycles. The summed E-state index contributed by atoms with van der Waals surface area (Å²) < 4.78 is 0. The Morgan fingerprint density at radius 3 is 2.67 bits per heavy atom. The summed E-state index contributed by atoms with van der Waals surface area (Å²) in [5, 5.41) is 0. The van der Waals surface area contributed by atoms with Crippen molar-refractivity contribution in [2.45, 2.75) is 38.6 Å². The maximum Gasteiger partial charge on any atom is 0.0136 e. The summed E-state index contributed by atoms with van der Waals surface area (Å²) in [6.07, 6.45) is 2.59. The molecule has 1 saturated heterocycles. The second-order valence-electron chi connectivity index (χ2n) is 4.58. The topological polar surface area (TPSA) is 3.24 Å². The Morgan fingerprint density at radius 2 is 2.00 bits per heavy atom. The maximum absolute atomic E-state index is 2.62. The number of hydrogen-bond acceptors (Lipinski definition) is 1. The Balaban J connectivity index is 2.07. The van der Waals surface area contributed by atoms with Crippen LogP contribution in [0.2, 0.25) is 0 Å². The average molecular weight is 203 g/mol. The van der Waals surface area contributed by atoms with Gasteiger partial charge in [-0.2, -0.15) is 0 Å². The van der Waals surface area contributed by atoms with Crippen molar-refractivity contribution in [3.05, 3.63) is 35.9 Å². The van der Waals surface area contributed by atoms with Crippen LogP contribution in [0.4, 0.5) is 0 Å². The third kappa shape index (κ3) is 2.23. The molecule has 1 aromatic rings. The Labute approximate surface area is 93.1 Å². The molecule has 0 amide bonds. The monoisotopic (exact) mass is 203 g/mol. The van der Waals surface area contributed by atoms with Crippen molar-refractivity contribution >= 4 is 0 Å². The molecular weight excluding hydrogens is 182 g/mol. The summed E-state index contributed by atoms with van der Waals surface area (Å²) in [6.45, 7) is 7.17. The third-order valence-electron chi connectivity index (χ3n) is 3.62. The average Bonchev–Trinajstić information content (AvgIpc) is 2.63. The van der Waals surface area contributed by atoms with Crippen molar-refractivity contribution in [1.82, 2.24) is 4.90 Å². The van der Waals surface area contributed by atoms with E-state index in [1.807, 2.05) is 0 Å². The molecule has 1 fully saturated rings. The second kappa shape index (κ2) is 4.80. The highest BCUT2D eigenvalue weighted by atomic mass is 15.2. The molecule has 1 heterocycles. The highest BCUT2D eigenvalue weighted by Gasteiger charge is 2.30. The predicted molar refractivity (Wildman–Crippen MR) is 65.1 cm³/mol. The van der Waals surface area contributed by atoms with Gasteiger partial charge in [-0.05, 0) is 38.4 Å². The SMILES string of the molecule is CCCN1CC[C@@H](c2ccccc2)[C@H]1C. The number of rotatable bonds is 3. The smallest absolute Gasteiger partial charge is 0.0136 e. The number of likely N-dealkylation sites (tertiary alicyclic amines) is 1. The summed E-state index contributed by atoms with van der Waals surface area (Å²) >= 11 is 0. The standard InChI is InChI=1S/C14H21N/c1-3-10-15-11-9-14(12(15)2)13-7-5-4-6-8-13/h4-8,12,14H,3,9-11H2,1-2H3/t12-,14-/m1/s1. The molecule has 1 aromatic carbocycles. The Kier molecular flexibility index (Phi) is 3.42. The summed E-state index contributed by atoms with van der Waals surface area (Å²) in [5.41, 5.74) is 1.52. The van der Waals surface area contributed by atoms with Gasteiger partial charge in [-0.15, -0.1) is 0 Å². The first-order valence-corrected chi connectivity index (χ1v) is 6.12. The fourth-order valence-electron chi connectivity index (χ4n) is 2.75. The van der Waals surface area contributed by atoms with E-state index in [0.717, 1.165) is 5.92 Å². The van der Waals surface area contributed by atoms with Crippen LogP contribution in [0.5, 0.6) is 0 Å². The van der Waals surface area contributed by atoms with Crippen LogP contribution in [0.3, 0.4) is 0 Å². The molecule has 2 atom stereocenters. The fourth-order valence-corrected chi connectivity index (χ4v) is 2.75. The number of nitrogens with zero attached hydrogens (tertiary/aromatic N) is 1. The van der Waals surface area contributed by atoms with Crippen LogP contribution in [0.1, 0.15) is 38.2 Å². The van der Waals surface area contributed by atoms with E-state index in [0.29, 0.717) is 6.04 Å².